The molecule has 22 heavy (non-hydrogen) atoms. The van der Waals surface area contributed by atoms with Crippen molar-refractivity contribution in [3.8, 4) is 0 Å². The molecule has 0 saturated heterocycles. The Labute approximate surface area is 130 Å². The molecule has 8 heteroatoms. The Morgan fingerprint density at radius 3 is 3.00 bits per heavy atom. The molecule has 116 valence electrons. The normalized spacial score (nSPS) is 11.4. The Morgan fingerprint density at radius 2 is 2.23 bits per heavy atom. The molecular formula is C14H16N4O3S. The third-order valence-corrected chi connectivity index (χ3v) is 4.32. The summed E-state index contributed by atoms with van der Waals surface area (Å²) in [4.78, 5) is 25.4. The van der Waals surface area contributed by atoms with E-state index in [1.54, 1.807) is 29.2 Å². The molecule has 0 spiro atoms. The minimum atomic E-state index is -0.273. The van der Waals surface area contributed by atoms with E-state index in [1.165, 1.54) is 9.56 Å². The van der Waals surface area contributed by atoms with Crippen molar-refractivity contribution in [1.82, 2.24) is 19.5 Å². The molecule has 0 radical (unpaired) electrons. The smallest absolute Gasteiger partial charge is 0.291 e. The summed E-state index contributed by atoms with van der Waals surface area (Å²) in [5, 5.41) is 6.75. The molecule has 0 saturated carbocycles. The number of aryl methyl sites for hydroxylation is 1. The lowest BCUT2D eigenvalue weighted by Gasteiger charge is -2.06. The highest BCUT2D eigenvalue weighted by atomic mass is 32.1. The zero-order valence-electron chi connectivity index (χ0n) is 12.3. The maximum atomic E-state index is 12.4. The second kappa shape index (κ2) is 5.90. The fraction of sp³-hybridized carbons (Fsp3) is 0.357. The van der Waals surface area contributed by atoms with Gasteiger partial charge >= 0.3 is 0 Å². The largest absolute Gasteiger partial charge is 0.383 e. The van der Waals surface area contributed by atoms with Crippen LogP contribution in [0.1, 0.15) is 4.88 Å². The van der Waals surface area contributed by atoms with Crippen LogP contribution in [0.15, 0.2) is 23.3 Å². The minimum absolute atomic E-state index is 0.100. The number of nitrogens with one attached hydrogen (secondary N) is 1. The molecule has 0 aliphatic carbocycles. The zero-order valence-corrected chi connectivity index (χ0v) is 13.1. The molecular weight excluding hydrogens is 304 g/mol. The van der Waals surface area contributed by atoms with Crippen LogP contribution in [0.5, 0.6) is 0 Å². The summed E-state index contributed by atoms with van der Waals surface area (Å²) in [7, 11) is 1.56. The van der Waals surface area contributed by atoms with E-state index in [9.17, 15) is 9.59 Å². The van der Waals surface area contributed by atoms with Crippen molar-refractivity contribution in [2.75, 3.05) is 20.3 Å². The van der Waals surface area contributed by atoms with Gasteiger partial charge in [-0.25, -0.2) is 4.68 Å². The number of amides is 1. The molecule has 0 atom stereocenters. The van der Waals surface area contributed by atoms with E-state index in [2.05, 4.69) is 10.4 Å². The molecule has 0 unspecified atom stereocenters. The third kappa shape index (κ3) is 2.62. The monoisotopic (exact) mass is 320 g/mol. The van der Waals surface area contributed by atoms with Crippen molar-refractivity contribution in [2.45, 2.75) is 13.5 Å². The first-order chi connectivity index (χ1) is 10.6. The first kappa shape index (κ1) is 14.7. The zero-order chi connectivity index (χ0) is 15.7. The number of nitrogens with zero attached hydrogens (tertiary/aromatic N) is 3. The molecule has 0 aliphatic heterocycles. The van der Waals surface area contributed by atoms with E-state index >= 15 is 0 Å². The molecule has 7 nitrogen and oxygen atoms in total. The molecule has 0 bridgehead atoms. The lowest BCUT2D eigenvalue weighted by molar-refractivity contribution is -0.122. The standard InChI is InChI=1S/C14H16N4O3S/c1-9-5-10-12(22-9)6-11-14(20)18(16-8-17(10)11)7-13(19)15-3-4-21-2/h5-6,8H,3-4,7H2,1-2H3,(H,15,19). The molecule has 0 fully saturated rings. The van der Waals surface area contributed by atoms with Crippen molar-refractivity contribution < 1.29 is 9.53 Å². The van der Waals surface area contributed by atoms with E-state index in [1.807, 2.05) is 19.1 Å². The first-order valence-corrected chi connectivity index (χ1v) is 7.65. The van der Waals surface area contributed by atoms with Gasteiger partial charge in [0.15, 0.2) is 0 Å². The van der Waals surface area contributed by atoms with Gasteiger partial charge in [-0.05, 0) is 19.1 Å². The molecule has 0 aliphatic rings. The third-order valence-electron chi connectivity index (χ3n) is 3.33. The lowest BCUT2D eigenvalue weighted by Crippen LogP contribution is -2.35. The van der Waals surface area contributed by atoms with Crippen LogP contribution in [-0.2, 0) is 16.1 Å². The number of hydrogen-bond donors (Lipinski definition) is 1. The Kier molecular flexibility index (Phi) is 3.95. The van der Waals surface area contributed by atoms with Crippen LogP contribution < -0.4 is 10.9 Å². The number of ether oxygens (including phenoxy) is 1. The van der Waals surface area contributed by atoms with Gasteiger partial charge in [-0.15, -0.1) is 11.3 Å². The van der Waals surface area contributed by atoms with Gasteiger partial charge in [-0.1, -0.05) is 0 Å². The summed E-state index contributed by atoms with van der Waals surface area (Å²) >= 11 is 1.63. The van der Waals surface area contributed by atoms with Gasteiger partial charge in [0.05, 0.1) is 16.8 Å². The van der Waals surface area contributed by atoms with Gasteiger partial charge < -0.3 is 10.1 Å². The molecule has 1 N–H and O–H groups in total. The Hall–Kier alpha value is -2.19. The average Bonchev–Trinajstić information content (AvgIpc) is 2.99. The summed E-state index contributed by atoms with van der Waals surface area (Å²) in [6, 6.07) is 3.87. The lowest BCUT2D eigenvalue weighted by atomic mass is 10.4. The summed E-state index contributed by atoms with van der Waals surface area (Å²) in [5.41, 5.74) is 1.23. The van der Waals surface area contributed by atoms with Crippen LogP contribution >= 0.6 is 11.3 Å². The van der Waals surface area contributed by atoms with Crippen molar-refractivity contribution in [3.05, 3.63) is 33.7 Å². The van der Waals surface area contributed by atoms with Gasteiger partial charge in [0.1, 0.15) is 18.4 Å². The number of carbonyl (C=O) groups excluding carboxylic acids is 1. The van der Waals surface area contributed by atoms with E-state index in [0.29, 0.717) is 18.7 Å². The topological polar surface area (TPSA) is 77.6 Å². The van der Waals surface area contributed by atoms with Crippen molar-refractivity contribution in [2.24, 2.45) is 0 Å². The number of fused-ring (bicyclic) bond motifs is 3. The highest BCUT2D eigenvalue weighted by Crippen LogP contribution is 2.26. The summed E-state index contributed by atoms with van der Waals surface area (Å²) in [6.07, 6.45) is 1.58. The van der Waals surface area contributed by atoms with E-state index in [4.69, 9.17) is 4.74 Å². The van der Waals surface area contributed by atoms with Crippen molar-refractivity contribution in [3.63, 3.8) is 0 Å². The molecule has 3 aromatic heterocycles. The Balaban J connectivity index is 1.90. The van der Waals surface area contributed by atoms with E-state index in [-0.39, 0.29) is 18.0 Å². The number of carbonyl (C=O) groups is 1. The number of rotatable bonds is 5. The molecule has 3 aromatic rings. The molecule has 3 rings (SSSR count). The van der Waals surface area contributed by atoms with Crippen LogP contribution in [0.3, 0.4) is 0 Å². The van der Waals surface area contributed by atoms with Crippen LogP contribution in [0.25, 0.3) is 15.7 Å². The highest BCUT2D eigenvalue weighted by Gasteiger charge is 2.12. The maximum absolute atomic E-state index is 12.4. The summed E-state index contributed by atoms with van der Waals surface area (Å²) < 4.78 is 8.84. The molecule has 3 heterocycles. The Bertz CT molecular complexity index is 893. The minimum Gasteiger partial charge on any atom is -0.383 e. The highest BCUT2D eigenvalue weighted by molar-refractivity contribution is 7.19. The van der Waals surface area contributed by atoms with Gasteiger partial charge in [0, 0.05) is 18.5 Å². The van der Waals surface area contributed by atoms with Crippen molar-refractivity contribution >= 4 is 33.0 Å². The Morgan fingerprint density at radius 1 is 1.41 bits per heavy atom. The molecule has 1 amide bonds. The van der Waals surface area contributed by atoms with Gasteiger partial charge in [0.2, 0.25) is 5.91 Å². The first-order valence-electron chi connectivity index (χ1n) is 6.83. The average molecular weight is 320 g/mol. The predicted octanol–water partition coefficient (Wildman–Crippen LogP) is 0.782. The summed E-state index contributed by atoms with van der Waals surface area (Å²) in [5.74, 6) is -0.264. The maximum Gasteiger partial charge on any atom is 0.291 e. The molecule has 0 aromatic carbocycles. The van der Waals surface area contributed by atoms with Crippen LogP contribution in [-0.4, -0.2) is 40.3 Å². The van der Waals surface area contributed by atoms with Crippen LogP contribution in [0, 0.1) is 6.92 Å². The number of hydrogen-bond acceptors (Lipinski definition) is 5. The van der Waals surface area contributed by atoms with Crippen LogP contribution in [0.2, 0.25) is 0 Å². The number of aromatic nitrogens is 3. The fourth-order valence-corrected chi connectivity index (χ4v) is 3.27. The SMILES string of the molecule is COCCNC(=O)Cn1ncn2c(cc3sc(C)cc32)c1=O. The van der Waals surface area contributed by atoms with Gasteiger partial charge in [-0.3, -0.25) is 14.0 Å². The van der Waals surface area contributed by atoms with Gasteiger partial charge in [0.25, 0.3) is 5.56 Å². The second-order valence-corrected chi connectivity index (χ2v) is 6.23. The van der Waals surface area contributed by atoms with Crippen LogP contribution in [0.4, 0.5) is 0 Å². The van der Waals surface area contributed by atoms with Crippen molar-refractivity contribution in [1.29, 1.82) is 0 Å². The number of thiophene rings is 1. The quantitative estimate of drug-likeness (QED) is 0.705. The van der Waals surface area contributed by atoms with E-state index in [0.717, 1.165) is 10.2 Å². The predicted molar refractivity (Wildman–Crippen MR) is 84.5 cm³/mol. The summed E-state index contributed by atoms with van der Waals surface area (Å²) in [6.45, 7) is 2.76. The number of methoxy groups -OCH3 is 1. The second-order valence-electron chi connectivity index (χ2n) is 4.94. The van der Waals surface area contributed by atoms with Gasteiger partial charge in [-0.2, -0.15) is 5.10 Å². The fourth-order valence-electron chi connectivity index (χ4n) is 2.32. The van der Waals surface area contributed by atoms with E-state index < -0.39 is 0 Å².